The van der Waals surface area contributed by atoms with Crippen LogP contribution in [0, 0.1) is 21.4 Å². The molecule has 5 nitrogen and oxygen atoms in total. The Morgan fingerprint density at radius 2 is 2.11 bits per heavy atom. The molecule has 0 spiro atoms. The van der Waals surface area contributed by atoms with E-state index >= 15 is 0 Å². The van der Waals surface area contributed by atoms with Crippen molar-refractivity contribution < 1.29 is 9.66 Å². The zero-order chi connectivity index (χ0) is 14.0. The molecule has 0 bridgehead atoms. The second kappa shape index (κ2) is 5.07. The molecule has 5 heteroatoms. The van der Waals surface area contributed by atoms with Crippen LogP contribution in [0.1, 0.15) is 26.7 Å². The number of non-ortho nitro benzene ring substituents is 1. The first-order valence-electron chi connectivity index (χ1n) is 6.54. The van der Waals surface area contributed by atoms with Gasteiger partial charge in [0.15, 0.2) is 0 Å². The number of hydrogen-bond acceptors (Lipinski definition) is 4. The summed E-state index contributed by atoms with van der Waals surface area (Å²) >= 11 is 0. The van der Waals surface area contributed by atoms with Crippen LogP contribution in [0.4, 0.5) is 11.4 Å². The predicted octanol–water partition coefficient (Wildman–Crippen LogP) is 3.45. The molecule has 0 heterocycles. The van der Waals surface area contributed by atoms with Crippen molar-refractivity contribution in [3.05, 3.63) is 28.3 Å². The normalized spacial score (nSPS) is 16.2. The summed E-state index contributed by atoms with van der Waals surface area (Å²) in [5.74, 6) is 1.13. The van der Waals surface area contributed by atoms with E-state index < -0.39 is 4.92 Å². The van der Waals surface area contributed by atoms with E-state index in [0.29, 0.717) is 17.1 Å². The van der Waals surface area contributed by atoms with Crippen LogP contribution >= 0.6 is 0 Å². The van der Waals surface area contributed by atoms with E-state index in [4.69, 9.17) is 4.74 Å². The van der Waals surface area contributed by atoms with Gasteiger partial charge in [-0.2, -0.15) is 0 Å². The summed E-state index contributed by atoms with van der Waals surface area (Å²) in [4.78, 5) is 10.5. The number of methoxy groups -OCH3 is 1. The third kappa shape index (κ3) is 2.97. The van der Waals surface area contributed by atoms with E-state index in [9.17, 15) is 10.1 Å². The average molecular weight is 264 g/mol. The van der Waals surface area contributed by atoms with E-state index in [-0.39, 0.29) is 5.69 Å². The molecular weight excluding hydrogens is 244 g/mol. The molecule has 0 atom stereocenters. The molecule has 1 aliphatic carbocycles. The van der Waals surface area contributed by atoms with Crippen molar-refractivity contribution in [3.63, 3.8) is 0 Å². The first-order chi connectivity index (χ1) is 8.97. The number of anilines is 1. The van der Waals surface area contributed by atoms with Gasteiger partial charge in [0.05, 0.1) is 18.1 Å². The molecule has 19 heavy (non-hydrogen) atoms. The van der Waals surface area contributed by atoms with Crippen molar-refractivity contribution in [2.45, 2.75) is 26.7 Å². The molecule has 2 rings (SSSR count). The first kappa shape index (κ1) is 13.6. The van der Waals surface area contributed by atoms with Gasteiger partial charge in [-0.3, -0.25) is 10.1 Å². The maximum absolute atomic E-state index is 10.9. The molecular formula is C14H20N2O3. The number of nitro benzene ring substituents is 1. The molecule has 0 radical (unpaired) electrons. The minimum absolute atomic E-state index is 0.0521. The molecule has 1 aromatic rings. The van der Waals surface area contributed by atoms with Crippen LogP contribution in [-0.2, 0) is 0 Å². The predicted molar refractivity (Wildman–Crippen MR) is 74.6 cm³/mol. The van der Waals surface area contributed by atoms with Crippen LogP contribution in [0.3, 0.4) is 0 Å². The fourth-order valence-electron chi connectivity index (χ4n) is 2.31. The molecule has 0 saturated heterocycles. The van der Waals surface area contributed by atoms with E-state index in [2.05, 4.69) is 19.2 Å². The maximum Gasteiger partial charge on any atom is 0.275 e. The summed E-state index contributed by atoms with van der Waals surface area (Å²) in [6.07, 6.45) is 2.45. The Bertz CT molecular complexity index is 482. The minimum atomic E-state index is -0.400. The Morgan fingerprint density at radius 1 is 1.42 bits per heavy atom. The summed E-state index contributed by atoms with van der Waals surface area (Å²) in [5.41, 5.74) is 1.16. The summed E-state index contributed by atoms with van der Waals surface area (Å²) in [5, 5.41) is 14.2. The Balaban J connectivity index is 2.11. The summed E-state index contributed by atoms with van der Waals surface area (Å²) in [7, 11) is 1.51. The Labute approximate surface area is 113 Å². The maximum atomic E-state index is 10.9. The Morgan fingerprint density at radius 3 is 2.58 bits per heavy atom. The second-order valence-corrected chi connectivity index (χ2v) is 5.55. The molecule has 0 aromatic heterocycles. The highest BCUT2D eigenvalue weighted by Gasteiger charge is 2.44. The molecule has 1 saturated carbocycles. The van der Waals surface area contributed by atoms with Crippen molar-refractivity contribution >= 4 is 11.4 Å². The number of hydrogen-bond donors (Lipinski definition) is 1. The van der Waals surface area contributed by atoms with E-state index in [1.165, 1.54) is 26.0 Å². The lowest BCUT2D eigenvalue weighted by atomic mass is 9.92. The minimum Gasteiger partial charge on any atom is -0.496 e. The molecule has 0 aliphatic heterocycles. The number of benzene rings is 1. The zero-order valence-electron chi connectivity index (χ0n) is 11.6. The van der Waals surface area contributed by atoms with Crippen LogP contribution in [0.25, 0.3) is 0 Å². The van der Waals surface area contributed by atoms with Crippen molar-refractivity contribution in [2.24, 2.45) is 11.3 Å². The van der Waals surface area contributed by atoms with Crippen LogP contribution in [0.5, 0.6) is 5.75 Å². The first-order valence-corrected chi connectivity index (χ1v) is 6.54. The van der Waals surface area contributed by atoms with Gasteiger partial charge in [-0.15, -0.1) is 0 Å². The van der Waals surface area contributed by atoms with E-state index in [1.54, 1.807) is 12.1 Å². The summed E-state index contributed by atoms with van der Waals surface area (Å²) < 4.78 is 5.10. The lowest BCUT2D eigenvalue weighted by Gasteiger charge is -2.20. The number of nitro groups is 1. The van der Waals surface area contributed by atoms with Gasteiger partial charge in [0, 0.05) is 24.4 Å². The van der Waals surface area contributed by atoms with Crippen LogP contribution in [-0.4, -0.2) is 18.6 Å². The monoisotopic (exact) mass is 264 g/mol. The van der Waals surface area contributed by atoms with E-state index in [0.717, 1.165) is 12.2 Å². The van der Waals surface area contributed by atoms with Crippen molar-refractivity contribution in [2.75, 3.05) is 19.0 Å². The third-order valence-electron chi connectivity index (χ3n) is 4.10. The quantitative estimate of drug-likeness (QED) is 0.631. The SMILES string of the molecule is COc1cc(NCC2(C(C)C)CC2)cc([N+](=O)[O-])c1. The van der Waals surface area contributed by atoms with E-state index in [1.807, 2.05) is 0 Å². The Kier molecular flexibility index (Phi) is 3.64. The molecule has 104 valence electrons. The fraction of sp³-hybridized carbons (Fsp3) is 0.571. The highest BCUT2D eigenvalue weighted by atomic mass is 16.6. The number of ether oxygens (including phenoxy) is 1. The molecule has 1 aliphatic rings. The van der Waals surface area contributed by atoms with Gasteiger partial charge in [0.25, 0.3) is 5.69 Å². The van der Waals surface area contributed by atoms with Gasteiger partial charge >= 0.3 is 0 Å². The smallest absolute Gasteiger partial charge is 0.275 e. The molecule has 1 N–H and O–H groups in total. The number of nitrogens with zero attached hydrogens (tertiary/aromatic N) is 1. The standard InChI is InChI=1S/C14H20N2O3/c1-10(2)14(4-5-14)9-15-11-6-12(16(17)18)8-13(7-11)19-3/h6-8,10,15H,4-5,9H2,1-3H3. The van der Waals surface area contributed by atoms with Crippen molar-refractivity contribution in [1.82, 2.24) is 0 Å². The topological polar surface area (TPSA) is 64.4 Å². The summed E-state index contributed by atoms with van der Waals surface area (Å²) in [6, 6.07) is 4.78. The molecule has 1 fully saturated rings. The van der Waals surface area contributed by atoms with Crippen LogP contribution in [0.15, 0.2) is 18.2 Å². The largest absolute Gasteiger partial charge is 0.496 e. The molecule has 0 unspecified atom stereocenters. The fourth-order valence-corrected chi connectivity index (χ4v) is 2.31. The highest BCUT2D eigenvalue weighted by Crippen LogP contribution is 2.51. The van der Waals surface area contributed by atoms with Gasteiger partial charge in [-0.1, -0.05) is 13.8 Å². The van der Waals surface area contributed by atoms with Crippen molar-refractivity contribution in [3.8, 4) is 5.75 Å². The molecule has 0 amide bonds. The van der Waals surface area contributed by atoms with Gasteiger partial charge < -0.3 is 10.1 Å². The van der Waals surface area contributed by atoms with Gasteiger partial charge in [0.2, 0.25) is 0 Å². The summed E-state index contributed by atoms with van der Waals surface area (Å²) in [6.45, 7) is 5.31. The number of rotatable bonds is 6. The lowest BCUT2D eigenvalue weighted by Crippen LogP contribution is -2.20. The second-order valence-electron chi connectivity index (χ2n) is 5.55. The van der Waals surface area contributed by atoms with Gasteiger partial charge in [0.1, 0.15) is 5.75 Å². The van der Waals surface area contributed by atoms with Gasteiger partial charge in [-0.05, 0) is 24.2 Å². The third-order valence-corrected chi connectivity index (χ3v) is 4.10. The van der Waals surface area contributed by atoms with Crippen LogP contribution < -0.4 is 10.1 Å². The average Bonchev–Trinajstić information content (AvgIpc) is 3.17. The number of nitrogens with one attached hydrogen (secondary N) is 1. The zero-order valence-corrected chi connectivity index (χ0v) is 11.6. The van der Waals surface area contributed by atoms with Gasteiger partial charge in [-0.25, -0.2) is 0 Å². The van der Waals surface area contributed by atoms with Crippen molar-refractivity contribution in [1.29, 1.82) is 0 Å². The Hall–Kier alpha value is -1.78. The lowest BCUT2D eigenvalue weighted by molar-refractivity contribution is -0.384. The highest BCUT2D eigenvalue weighted by molar-refractivity contribution is 5.56. The van der Waals surface area contributed by atoms with Crippen LogP contribution in [0.2, 0.25) is 0 Å². The molecule has 1 aromatic carbocycles.